The minimum atomic E-state index is -0.0670. The number of halogens is 2. The van der Waals surface area contributed by atoms with E-state index in [0.717, 1.165) is 47.0 Å². The molecule has 3 rings (SSSR count). The SMILES string of the molecule is Cc1cc(Nc2ncc(Cl)c(N[C@H]3CCCC[C@@H]3C#N)n2)cc(CO)c1Br. The highest BCUT2D eigenvalue weighted by atomic mass is 79.9. The van der Waals surface area contributed by atoms with Crippen molar-refractivity contribution in [3.05, 3.63) is 39.0 Å². The van der Waals surface area contributed by atoms with Crippen molar-refractivity contribution < 1.29 is 5.11 Å². The third-order valence-corrected chi connectivity index (χ3v) is 6.17. The number of nitrogens with zero attached hydrogens (tertiary/aromatic N) is 3. The van der Waals surface area contributed by atoms with Gasteiger partial charge in [-0.15, -0.1) is 0 Å². The molecule has 0 unspecified atom stereocenters. The van der Waals surface area contributed by atoms with Gasteiger partial charge in [0.05, 0.1) is 24.8 Å². The Hall–Kier alpha value is -1.88. The topological polar surface area (TPSA) is 93.9 Å². The Kier molecular flexibility index (Phi) is 6.53. The number of aryl methyl sites for hydroxylation is 1. The van der Waals surface area contributed by atoms with Crippen LogP contribution in [-0.2, 0) is 6.61 Å². The van der Waals surface area contributed by atoms with Crippen molar-refractivity contribution in [2.45, 2.75) is 45.3 Å². The summed E-state index contributed by atoms with van der Waals surface area (Å²) in [6, 6.07) is 6.21. The van der Waals surface area contributed by atoms with E-state index in [4.69, 9.17) is 11.6 Å². The molecule has 0 saturated heterocycles. The summed E-state index contributed by atoms with van der Waals surface area (Å²) in [6.45, 7) is 1.89. The number of aliphatic hydroxyl groups excluding tert-OH is 1. The second-order valence-electron chi connectivity index (χ2n) is 6.71. The van der Waals surface area contributed by atoms with Gasteiger partial charge in [-0.3, -0.25) is 0 Å². The van der Waals surface area contributed by atoms with Crippen molar-refractivity contribution in [1.29, 1.82) is 5.26 Å². The molecule has 2 atom stereocenters. The van der Waals surface area contributed by atoms with Crippen LogP contribution in [-0.4, -0.2) is 21.1 Å². The Morgan fingerprint density at radius 1 is 1.37 bits per heavy atom. The Balaban J connectivity index is 1.81. The van der Waals surface area contributed by atoms with E-state index in [-0.39, 0.29) is 18.6 Å². The summed E-state index contributed by atoms with van der Waals surface area (Å²) in [6.07, 6.45) is 5.53. The molecule has 142 valence electrons. The molecule has 1 heterocycles. The minimum Gasteiger partial charge on any atom is -0.392 e. The minimum absolute atomic E-state index is 0.0394. The first-order chi connectivity index (χ1) is 13.0. The van der Waals surface area contributed by atoms with Gasteiger partial charge < -0.3 is 15.7 Å². The van der Waals surface area contributed by atoms with Crippen molar-refractivity contribution in [3.8, 4) is 6.07 Å². The highest BCUT2D eigenvalue weighted by Gasteiger charge is 2.26. The highest BCUT2D eigenvalue weighted by molar-refractivity contribution is 9.10. The van der Waals surface area contributed by atoms with E-state index in [2.05, 4.69) is 42.6 Å². The van der Waals surface area contributed by atoms with E-state index in [0.29, 0.717) is 16.8 Å². The van der Waals surface area contributed by atoms with E-state index in [1.165, 1.54) is 0 Å². The fraction of sp³-hybridized carbons (Fsp3) is 0.421. The van der Waals surface area contributed by atoms with Crippen LogP contribution in [0.4, 0.5) is 17.5 Å². The normalized spacial score (nSPS) is 19.4. The number of nitriles is 1. The second kappa shape index (κ2) is 8.87. The van der Waals surface area contributed by atoms with E-state index in [1.54, 1.807) is 6.20 Å². The molecule has 2 aromatic rings. The number of rotatable bonds is 5. The molecule has 1 aromatic carbocycles. The van der Waals surface area contributed by atoms with Crippen molar-refractivity contribution >= 4 is 45.0 Å². The first kappa shape index (κ1) is 19.9. The Morgan fingerprint density at radius 2 is 2.15 bits per heavy atom. The number of aliphatic hydroxyl groups is 1. The summed E-state index contributed by atoms with van der Waals surface area (Å²) >= 11 is 9.74. The smallest absolute Gasteiger partial charge is 0.229 e. The van der Waals surface area contributed by atoms with E-state index in [9.17, 15) is 10.4 Å². The van der Waals surface area contributed by atoms with Crippen LogP contribution in [0.3, 0.4) is 0 Å². The zero-order valence-electron chi connectivity index (χ0n) is 15.0. The molecule has 8 heteroatoms. The van der Waals surface area contributed by atoms with Gasteiger partial charge in [0, 0.05) is 16.2 Å². The lowest BCUT2D eigenvalue weighted by Crippen LogP contribution is -2.31. The van der Waals surface area contributed by atoms with E-state index in [1.807, 2.05) is 19.1 Å². The lowest BCUT2D eigenvalue weighted by molar-refractivity contribution is 0.281. The summed E-state index contributed by atoms with van der Waals surface area (Å²) in [5, 5.41) is 25.8. The molecular formula is C19H21BrClN5O. The molecule has 1 fully saturated rings. The van der Waals surface area contributed by atoms with Crippen LogP contribution in [0.1, 0.15) is 36.8 Å². The number of benzene rings is 1. The van der Waals surface area contributed by atoms with Crippen LogP contribution in [0.5, 0.6) is 0 Å². The molecular weight excluding hydrogens is 430 g/mol. The molecule has 6 nitrogen and oxygen atoms in total. The fourth-order valence-corrected chi connectivity index (χ4v) is 3.82. The van der Waals surface area contributed by atoms with Gasteiger partial charge >= 0.3 is 0 Å². The van der Waals surface area contributed by atoms with E-state index < -0.39 is 0 Å². The number of hydrogen-bond donors (Lipinski definition) is 3. The van der Waals surface area contributed by atoms with Gasteiger partial charge in [-0.2, -0.15) is 10.2 Å². The average molecular weight is 451 g/mol. The van der Waals surface area contributed by atoms with Crippen molar-refractivity contribution in [2.24, 2.45) is 5.92 Å². The van der Waals surface area contributed by atoms with Crippen molar-refractivity contribution in [2.75, 3.05) is 10.6 Å². The fourth-order valence-electron chi connectivity index (χ4n) is 3.32. The summed E-state index contributed by atoms with van der Waals surface area (Å²) in [5.41, 5.74) is 2.56. The molecule has 1 aliphatic carbocycles. The van der Waals surface area contributed by atoms with Gasteiger partial charge in [0.25, 0.3) is 0 Å². The summed E-state index contributed by atoms with van der Waals surface area (Å²) in [7, 11) is 0. The molecule has 0 spiro atoms. The molecule has 1 aromatic heterocycles. The first-order valence-electron chi connectivity index (χ1n) is 8.87. The van der Waals surface area contributed by atoms with Crippen LogP contribution in [0.25, 0.3) is 0 Å². The number of hydrogen-bond acceptors (Lipinski definition) is 6. The predicted octanol–water partition coefficient (Wildman–Crippen LogP) is 4.93. The number of aromatic nitrogens is 2. The van der Waals surface area contributed by atoms with Gasteiger partial charge in [0.15, 0.2) is 5.82 Å². The molecule has 0 radical (unpaired) electrons. The molecule has 1 saturated carbocycles. The Labute approximate surface area is 172 Å². The van der Waals surface area contributed by atoms with Gasteiger partial charge in [0.1, 0.15) is 5.02 Å². The lowest BCUT2D eigenvalue weighted by atomic mass is 9.85. The summed E-state index contributed by atoms with van der Waals surface area (Å²) in [4.78, 5) is 8.73. The molecule has 1 aliphatic rings. The van der Waals surface area contributed by atoms with Crippen molar-refractivity contribution in [3.63, 3.8) is 0 Å². The van der Waals surface area contributed by atoms with Gasteiger partial charge in [-0.25, -0.2) is 4.98 Å². The van der Waals surface area contributed by atoms with Crippen LogP contribution in [0, 0.1) is 24.2 Å². The van der Waals surface area contributed by atoms with E-state index >= 15 is 0 Å². The Morgan fingerprint density at radius 3 is 2.89 bits per heavy atom. The maximum absolute atomic E-state index is 9.50. The van der Waals surface area contributed by atoms with Crippen LogP contribution in [0.2, 0.25) is 5.02 Å². The monoisotopic (exact) mass is 449 g/mol. The molecule has 0 aliphatic heterocycles. The van der Waals surface area contributed by atoms with Gasteiger partial charge in [-0.1, -0.05) is 40.4 Å². The molecule has 27 heavy (non-hydrogen) atoms. The third kappa shape index (κ3) is 4.70. The third-order valence-electron chi connectivity index (χ3n) is 4.75. The van der Waals surface area contributed by atoms with Crippen LogP contribution in [0.15, 0.2) is 22.8 Å². The quantitative estimate of drug-likeness (QED) is 0.598. The number of nitrogens with one attached hydrogen (secondary N) is 2. The van der Waals surface area contributed by atoms with Crippen LogP contribution >= 0.6 is 27.5 Å². The second-order valence-corrected chi connectivity index (χ2v) is 7.91. The summed E-state index contributed by atoms with van der Waals surface area (Å²) < 4.78 is 0.884. The zero-order valence-corrected chi connectivity index (χ0v) is 17.3. The maximum Gasteiger partial charge on any atom is 0.229 e. The maximum atomic E-state index is 9.50. The number of anilines is 3. The standard InChI is InChI=1S/C19H21BrClN5O/c1-11-6-14(7-13(10-27)17(11)20)24-19-23-9-15(21)18(26-19)25-16-5-3-2-4-12(16)8-22/h6-7,9,12,16,27H,2-5,10H2,1H3,(H2,23,24,25,26)/t12-,16+/m1/s1. The van der Waals surface area contributed by atoms with Gasteiger partial charge in [-0.05, 0) is 43.0 Å². The molecule has 0 amide bonds. The predicted molar refractivity (Wildman–Crippen MR) is 110 cm³/mol. The summed E-state index contributed by atoms with van der Waals surface area (Å²) in [5.74, 6) is 0.886. The zero-order chi connectivity index (χ0) is 19.4. The molecule has 3 N–H and O–H groups in total. The van der Waals surface area contributed by atoms with Crippen LogP contribution < -0.4 is 10.6 Å². The Bertz CT molecular complexity index is 870. The highest BCUT2D eigenvalue weighted by Crippen LogP contribution is 2.30. The largest absolute Gasteiger partial charge is 0.392 e. The van der Waals surface area contributed by atoms with Gasteiger partial charge in [0.2, 0.25) is 5.95 Å². The molecule has 0 bridgehead atoms. The van der Waals surface area contributed by atoms with Crippen molar-refractivity contribution in [1.82, 2.24) is 9.97 Å². The lowest BCUT2D eigenvalue weighted by Gasteiger charge is -2.28. The first-order valence-corrected chi connectivity index (χ1v) is 10.0. The average Bonchev–Trinajstić information content (AvgIpc) is 2.67.